The average molecular weight is 1170 g/mol. The Morgan fingerprint density at radius 1 is 0.417 bits per heavy atom. The van der Waals surface area contributed by atoms with Gasteiger partial charge in [0.05, 0.1) is 25.4 Å². The highest BCUT2D eigenvalue weighted by molar-refractivity contribution is 5.76. The van der Waals surface area contributed by atoms with Crippen molar-refractivity contribution in [2.24, 2.45) is 0 Å². The lowest BCUT2D eigenvalue weighted by atomic mass is 9.99. The van der Waals surface area contributed by atoms with E-state index in [1.54, 1.807) is 6.08 Å². The predicted molar refractivity (Wildman–Crippen MR) is 359 cm³/mol. The Balaban J connectivity index is 2.16. The topological polar surface area (TPSA) is 149 Å². The lowest BCUT2D eigenvalue weighted by molar-refractivity contribution is -0.302. The van der Waals surface area contributed by atoms with Gasteiger partial charge in [0.15, 0.2) is 6.29 Å². The highest BCUT2D eigenvalue weighted by atomic mass is 16.7. The minimum absolute atomic E-state index is 0.191. The molecule has 0 saturated carbocycles. The molecule has 1 amide bonds. The summed E-state index contributed by atoms with van der Waals surface area (Å²) in [4.78, 5) is 13.1. The molecule has 7 atom stereocenters. The van der Waals surface area contributed by atoms with E-state index in [1.807, 2.05) is 6.08 Å². The summed E-state index contributed by atoms with van der Waals surface area (Å²) in [7, 11) is 0. The van der Waals surface area contributed by atoms with Crippen LogP contribution < -0.4 is 5.32 Å². The summed E-state index contributed by atoms with van der Waals surface area (Å²) in [5.74, 6) is -0.191. The second kappa shape index (κ2) is 62.6. The number of ether oxygens (including phenoxy) is 2. The number of aliphatic hydroxyl groups excluding tert-OH is 5. The van der Waals surface area contributed by atoms with E-state index in [-0.39, 0.29) is 12.5 Å². The van der Waals surface area contributed by atoms with Crippen molar-refractivity contribution in [2.75, 3.05) is 13.2 Å². The van der Waals surface area contributed by atoms with Gasteiger partial charge in [-0.1, -0.05) is 309 Å². The van der Waals surface area contributed by atoms with Crippen LogP contribution in [0.15, 0.2) is 122 Å². The van der Waals surface area contributed by atoms with E-state index in [1.165, 1.54) is 180 Å². The van der Waals surface area contributed by atoms with Crippen LogP contribution in [0.5, 0.6) is 0 Å². The maximum absolute atomic E-state index is 13.1. The zero-order valence-corrected chi connectivity index (χ0v) is 53.9. The Morgan fingerprint density at radius 3 is 1.14 bits per heavy atom. The smallest absolute Gasteiger partial charge is 0.220 e. The molecule has 84 heavy (non-hydrogen) atoms. The molecule has 1 heterocycles. The number of rotatable bonds is 59. The van der Waals surface area contributed by atoms with Crippen molar-refractivity contribution in [1.29, 1.82) is 0 Å². The third kappa shape index (κ3) is 50.7. The van der Waals surface area contributed by atoms with Crippen molar-refractivity contribution in [3.8, 4) is 0 Å². The third-order valence-electron chi connectivity index (χ3n) is 15.8. The monoisotopic (exact) mass is 1170 g/mol. The second-order valence-corrected chi connectivity index (χ2v) is 23.6. The molecule has 0 radical (unpaired) electrons. The zero-order valence-electron chi connectivity index (χ0n) is 53.9. The molecule has 9 nitrogen and oxygen atoms in total. The minimum Gasteiger partial charge on any atom is -0.394 e. The number of nitrogens with one attached hydrogen (secondary N) is 1. The van der Waals surface area contributed by atoms with Gasteiger partial charge in [0, 0.05) is 6.42 Å². The quantitative estimate of drug-likeness (QED) is 0.0261. The van der Waals surface area contributed by atoms with Crippen LogP contribution in [0, 0.1) is 0 Å². The molecule has 1 aliphatic rings. The van der Waals surface area contributed by atoms with E-state index < -0.39 is 49.5 Å². The van der Waals surface area contributed by atoms with Gasteiger partial charge in [-0.15, -0.1) is 0 Å². The number of carbonyl (C=O) groups excluding carboxylic acids is 1. The molecule has 0 aromatic heterocycles. The summed E-state index contributed by atoms with van der Waals surface area (Å²) in [5.41, 5.74) is 0. The van der Waals surface area contributed by atoms with Crippen LogP contribution in [-0.2, 0) is 14.3 Å². The number of amides is 1. The maximum atomic E-state index is 13.1. The Morgan fingerprint density at radius 2 is 0.750 bits per heavy atom. The van der Waals surface area contributed by atoms with Crippen molar-refractivity contribution >= 4 is 5.91 Å². The van der Waals surface area contributed by atoms with Crippen LogP contribution >= 0.6 is 0 Å². The number of allylic oxidation sites excluding steroid dienone is 19. The van der Waals surface area contributed by atoms with Gasteiger partial charge in [-0.25, -0.2) is 0 Å². The van der Waals surface area contributed by atoms with Crippen molar-refractivity contribution < 1.29 is 39.8 Å². The molecule has 1 saturated heterocycles. The molecule has 7 unspecified atom stereocenters. The summed E-state index contributed by atoms with van der Waals surface area (Å²) in [6, 6.07) is -0.832. The zero-order chi connectivity index (χ0) is 60.7. The van der Waals surface area contributed by atoms with E-state index >= 15 is 0 Å². The number of unbranched alkanes of at least 4 members (excludes halogenated alkanes) is 31. The molecule has 1 fully saturated rings. The first-order valence-corrected chi connectivity index (χ1v) is 34.8. The Kier molecular flexibility index (Phi) is 58.6. The normalized spacial score (nSPS) is 19.0. The molecule has 0 aromatic rings. The molecule has 0 bridgehead atoms. The van der Waals surface area contributed by atoms with Gasteiger partial charge in [0.1, 0.15) is 24.4 Å². The van der Waals surface area contributed by atoms with Crippen molar-refractivity contribution in [1.82, 2.24) is 5.32 Å². The number of hydrogen-bond donors (Lipinski definition) is 6. The summed E-state index contributed by atoms with van der Waals surface area (Å²) in [5, 5.41) is 54.7. The largest absolute Gasteiger partial charge is 0.394 e. The van der Waals surface area contributed by atoms with Gasteiger partial charge < -0.3 is 40.3 Å². The lowest BCUT2D eigenvalue weighted by Gasteiger charge is -2.40. The molecular weight excluding hydrogens is 1040 g/mol. The van der Waals surface area contributed by atoms with E-state index in [4.69, 9.17) is 9.47 Å². The van der Waals surface area contributed by atoms with E-state index in [0.29, 0.717) is 6.42 Å². The second-order valence-electron chi connectivity index (χ2n) is 23.6. The minimum atomic E-state index is -1.58. The van der Waals surface area contributed by atoms with Crippen molar-refractivity contribution in [3.05, 3.63) is 122 Å². The molecule has 0 aliphatic carbocycles. The van der Waals surface area contributed by atoms with Crippen LogP contribution in [0.4, 0.5) is 0 Å². The van der Waals surface area contributed by atoms with E-state index in [2.05, 4.69) is 129 Å². The highest BCUT2D eigenvalue weighted by Gasteiger charge is 2.44. The van der Waals surface area contributed by atoms with Gasteiger partial charge in [0.25, 0.3) is 0 Å². The van der Waals surface area contributed by atoms with Gasteiger partial charge >= 0.3 is 0 Å². The van der Waals surface area contributed by atoms with Gasteiger partial charge in [-0.3, -0.25) is 4.79 Å². The van der Waals surface area contributed by atoms with Crippen molar-refractivity contribution in [2.45, 2.75) is 333 Å². The lowest BCUT2D eigenvalue weighted by Crippen LogP contribution is -2.60. The maximum Gasteiger partial charge on any atom is 0.220 e. The molecule has 482 valence electrons. The first-order valence-electron chi connectivity index (χ1n) is 34.8. The van der Waals surface area contributed by atoms with E-state index in [0.717, 1.165) is 89.9 Å². The summed E-state index contributed by atoms with van der Waals surface area (Å²) in [6.07, 6.45) is 87.2. The molecule has 1 aliphatic heterocycles. The fraction of sp³-hybridized carbons (Fsp3) is 0.720. The van der Waals surface area contributed by atoms with Crippen LogP contribution in [0.3, 0.4) is 0 Å². The number of hydrogen-bond acceptors (Lipinski definition) is 8. The third-order valence-corrected chi connectivity index (χ3v) is 15.8. The van der Waals surface area contributed by atoms with Crippen LogP contribution in [0.2, 0.25) is 0 Å². The molecule has 1 rings (SSSR count). The van der Waals surface area contributed by atoms with Crippen LogP contribution in [0.1, 0.15) is 290 Å². The summed E-state index contributed by atoms with van der Waals surface area (Å²) in [6.45, 7) is 3.67. The molecular formula is C75H129NO8. The first kappa shape index (κ1) is 78.6. The number of carbonyl (C=O) groups is 1. The molecule has 9 heteroatoms. The number of aliphatic hydroxyl groups is 5. The summed E-state index contributed by atoms with van der Waals surface area (Å²) >= 11 is 0. The standard InChI is InChI=1S/C75H129NO8/c1-3-5-7-9-11-13-15-17-19-21-23-25-27-29-30-31-32-33-34-35-36-37-38-39-40-41-43-45-47-49-51-53-55-57-59-61-63-65-71(79)76-68(67-83-75-74(82)73(81)72(80)70(66-77)84-75)69(78)64-62-60-58-56-54-52-50-48-46-44-42-28-26-24-22-20-18-16-14-12-10-8-6-4-2/h5,7,11,13,17,19,23,25,29-30,32-33,35-36,38-39,54,56,62,64,68-70,72-75,77-78,80-82H,3-4,6,8-10,12,14-16,18,20-22,24,26-28,31,34,37,40-53,55,57-61,63,65-67H2,1-2H3,(H,76,79)/b7-5-,13-11-,19-17-,25-23-,30-29-,33-32-,36-35-,39-38-,56-54+,64-62+. The van der Waals surface area contributed by atoms with Gasteiger partial charge in [-0.05, 0) is 96.3 Å². The van der Waals surface area contributed by atoms with Crippen LogP contribution in [-0.4, -0.2) is 87.5 Å². The molecule has 0 aromatic carbocycles. The first-order chi connectivity index (χ1) is 41.3. The van der Waals surface area contributed by atoms with Gasteiger partial charge in [0.2, 0.25) is 5.91 Å². The summed E-state index contributed by atoms with van der Waals surface area (Å²) < 4.78 is 11.3. The molecule has 0 spiro atoms. The average Bonchev–Trinajstić information content (AvgIpc) is 3.70. The van der Waals surface area contributed by atoms with Crippen molar-refractivity contribution in [3.63, 3.8) is 0 Å². The Labute approximate surface area is 516 Å². The van der Waals surface area contributed by atoms with Gasteiger partial charge in [-0.2, -0.15) is 0 Å². The SMILES string of the molecule is CC/C=C\C/C=C\C/C=C\C/C=C\C/C=C\C/C=C\C/C=C\C/C=C\CCCCCCCCCCCCCCC(=O)NC(COC1OC(CO)C(O)C(O)C1O)C(O)/C=C/CC/C=C/CCCCCCCCCCCCCCCCCCCC. The Hall–Kier alpha value is -3.41. The van der Waals surface area contributed by atoms with Crippen LogP contribution in [0.25, 0.3) is 0 Å². The van der Waals surface area contributed by atoms with E-state index in [9.17, 15) is 30.3 Å². The predicted octanol–water partition coefficient (Wildman–Crippen LogP) is 19.0. The highest BCUT2D eigenvalue weighted by Crippen LogP contribution is 2.23. The Bertz CT molecular complexity index is 1740. The molecule has 6 N–H and O–H groups in total. The fourth-order valence-electron chi connectivity index (χ4n) is 10.4. The fourth-order valence-corrected chi connectivity index (χ4v) is 10.4.